The molecule has 0 aromatic carbocycles. The van der Waals surface area contributed by atoms with Crippen LogP contribution in [0.1, 0.15) is 29.1 Å². The summed E-state index contributed by atoms with van der Waals surface area (Å²) in [5.41, 5.74) is 3.60. The summed E-state index contributed by atoms with van der Waals surface area (Å²) in [7, 11) is 3.58. The van der Waals surface area contributed by atoms with Crippen molar-refractivity contribution >= 4 is 29.0 Å². The molecule has 0 unspecified atom stereocenters. The number of pyridine rings is 1. The first-order valence-electron chi connectivity index (χ1n) is 10.5. The molecule has 0 saturated carbocycles. The number of carbonyl (C=O) groups is 1. The Kier molecular flexibility index (Phi) is 6.38. The van der Waals surface area contributed by atoms with Crippen LogP contribution in [0.2, 0.25) is 5.15 Å². The van der Waals surface area contributed by atoms with Crippen molar-refractivity contribution in [3.8, 4) is 0 Å². The van der Waals surface area contributed by atoms with Crippen LogP contribution in [0.25, 0.3) is 0 Å². The summed E-state index contributed by atoms with van der Waals surface area (Å²) in [5, 5.41) is 14.3. The third-order valence-corrected chi connectivity index (χ3v) is 5.92. The van der Waals surface area contributed by atoms with E-state index in [-0.39, 0.29) is 12.5 Å². The van der Waals surface area contributed by atoms with E-state index in [2.05, 4.69) is 15.1 Å². The first kappa shape index (κ1) is 22.2. The maximum Gasteiger partial charge on any atom is 0.249 e. The summed E-state index contributed by atoms with van der Waals surface area (Å²) in [4.78, 5) is 29.6. The molecular formula is C22H26ClN7O2. The van der Waals surface area contributed by atoms with Gasteiger partial charge in [0.25, 0.3) is 0 Å². The monoisotopic (exact) mass is 455 g/mol. The number of rotatable bonds is 7. The van der Waals surface area contributed by atoms with Crippen LogP contribution in [0.4, 0.5) is 11.5 Å². The molecule has 32 heavy (non-hydrogen) atoms. The van der Waals surface area contributed by atoms with Crippen LogP contribution in [0.15, 0.2) is 30.7 Å². The Bertz CT molecular complexity index is 1120. The average Bonchev–Trinajstić information content (AvgIpc) is 3.22. The number of carbonyl (C=O) groups excluding carboxylic acids is 1. The van der Waals surface area contributed by atoms with Gasteiger partial charge < -0.3 is 14.9 Å². The van der Waals surface area contributed by atoms with E-state index < -0.39 is 6.04 Å². The molecule has 4 rings (SSSR count). The summed E-state index contributed by atoms with van der Waals surface area (Å²) < 4.78 is 1.87. The number of hydrogen-bond donors (Lipinski definition) is 1. The third-order valence-electron chi connectivity index (χ3n) is 5.70. The van der Waals surface area contributed by atoms with Gasteiger partial charge in [-0.15, -0.1) is 0 Å². The van der Waals surface area contributed by atoms with E-state index in [4.69, 9.17) is 16.6 Å². The number of nitrogens with zero attached hydrogens (tertiary/aromatic N) is 7. The number of anilines is 2. The number of aromatic nitrogens is 5. The number of aliphatic hydroxyl groups is 1. The summed E-state index contributed by atoms with van der Waals surface area (Å²) in [6.07, 6.45) is 7.36. The van der Waals surface area contributed by atoms with Crippen molar-refractivity contribution in [3.63, 3.8) is 0 Å². The van der Waals surface area contributed by atoms with Crippen LogP contribution in [-0.2, 0) is 24.2 Å². The van der Waals surface area contributed by atoms with E-state index in [0.717, 1.165) is 34.7 Å². The molecule has 0 spiro atoms. The Hall–Kier alpha value is -3.04. The molecular weight excluding hydrogens is 430 g/mol. The van der Waals surface area contributed by atoms with Crippen molar-refractivity contribution in [1.82, 2.24) is 24.7 Å². The van der Waals surface area contributed by atoms with Crippen molar-refractivity contribution < 1.29 is 9.90 Å². The van der Waals surface area contributed by atoms with Gasteiger partial charge in [0.2, 0.25) is 5.91 Å². The molecule has 10 heteroatoms. The molecule has 1 aliphatic heterocycles. The lowest BCUT2D eigenvalue weighted by atomic mass is 10.1. The molecule has 0 aliphatic carbocycles. The number of fused-ring (bicyclic) bond motifs is 1. The quantitative estimate of drug-likeness (QED) is 0.544. The summed E-state index contributed by atoms with van der Waals surface area (Å²) in [6.45, 7) is 2.46. The fourth-order valence-electron chi connectivity index (χ4n) is 4.01. The van der Waals surface area contributed by atoms with E-state index in [0.29, 0.717) is 30.4 Å². The fourth-order valence-corrected chi connectivity index (χ4v) is 4.12. The fraction of sp³-hybridized carbons (Fsp3) is 0.409. The van der Waals surface area contributed by atoms with Gasteiger partial charge in [-0.25, -0.2) is 15.0 Å². The van der Waals surface area contributed by atoms with E-state index in [9.17, 15) is 9.90 Å². The van der Waals surface area contributed by atoms with Crippen molar-refractivity contribution in [2.45, 2.75) is 38.8 Å². The molecule has 1 amide bonds. The van der Waals surface area contributed by atoms with Crippen LogP contribution < -0.4 is 9.80 Å². The van der Waals surface area contributed by atoms with E-state index in [1.165, 1.54) is 0 Å². The van der Waals surface area contributed by atoms with Gasteiger partial charge >= 0.3 is 0 Å². The molecule has 0 bridgehead atoms. The van der Waals surface area contributed by atoms with Crippen LogP contribution in [0, 0.1) is 6.92 Å². The molecule has 3 aromatic rings. The zero-order chi connectivity index (χ0) is 22.8. The highest BCUT2D eigenvalue weighted by Gasteiger charge is 2.36. The number of aliphatic hydroxyl groups excluding tert-OH is 1. The second-order valence-corrected chi connectivity index (χ2v) is 8.36. The van der Waals surface area contributed by atoms with Crippen LogP contribution >= 0.6 is 11.6 Å². The molecule has 1 aliphatic rings. The number of likely N-dealkylation sites (N-methyl/N-ethyl adjacent to an activating group) is 2. The Morgan fingerprint density at radius 3 is 2.66 bits per heavy atom. The van der Waals surface area contributed by atoms with Gasteiger partial charge in [-0.2, -0.15) is 5.10 Å². The lowest BCUT2D eigenvalue weighted by molar-refractivity contribution is -0.120. The number of hydrogen-bond acceptors (Lipinski definition) is 7. The highest BCUT2D eigenvalue weighted by atomic mass is 35.5. The maximum atomic E-state index is 12.7. The zero-order valence-corrected chi connectivity index (χ0v) is 19.1. The molecule has 0 fully saturated rings. The summed E-state index contributed by atoms with van der Waals surface area (Å²) in [5.74, 6) is 1.38. The molecule has 1 N–H and O–H groups in total. The maximum absolute atomic E-state index is 12.7. The van der Waals surface area contributed by atoms with Crippen LogP contribution in [-0.4, -0.2) is 62.5 Å². The van der Waals surface area contributed by atoms with Crippen molar-refractivity contribution in [2.24, 2.45) is 0 Å². The molecule has 1 atom stereocenters. The van der Waals surface area contributed by atoms with Gasteiger partial charge in [0.05, 0.1) is 18.4 Å². The minimum Gasteiger partial charge on any atom is -0.396 e. The zero-order valence-electron chi connectivity index (χ0n) is 18.4. The standard InChI is InChI=1S/C22H26ClN7O2/c1-14-20-21(28(2)17(8-9-31)22(32)29(20)3)27-19(26-14)7-5-16-11-25-30(13-16)12-15-4-6-18(23)24-10-15/h4,6,10-11,13,17,31H,5,7-9,12H2,1-3H3/t17-/m1/s1. The molecule has 168 valence electrons. The van der Waals surface area contributed by atoms with E-state index >= 15 is 0 Å². The Balaban J connectivity index is 1.48. The van der Waals surface area contributed by atoms with Gasteiger partial charge in [-0.05, 0) is 37.0 Å². The lowest BCUT2D eigenvalue weighted by Gasteiger charge is -2.39. The van der Waals surface area contributed by atoms with Gasteiger partial charge in [0.1, 0.15) is 22.7 Å². The number of halogens is 1. The molecule has 9 nitrogen and oxygen atoms in total. The van der Waals surface area contributed by atoms with Crippen molar-refractivity contribution in [1.29, 1.82) is 0 Å². The highest BCUT2D eigenvalue weighted by molar-refractivity contribution is 6.29. The Labute approximate surface area is 191 Å². The van der Waals surface area contributed by atoms with E-state index in [1.807, 2.05) is 42.0 Å². The Morgan fingerprint density at radius 2 is 1.94 bits per heavy atom. The summed E-state index contributed by atoms with van der Waals surface area (Å²) >= 11 is 5.84. The molecule has 0 saturated heterocycles. The molecule has 3 aromatic heterocycles. The molecule has 0 radical (unpaired) electrons. The predicted molar refractivity (Wildman–Crippen MR) is 122 cm³/mol. The number of amides is 1. The number of aryl methyl sites for hydroxylation is 3. The normalized spacial score (nSPS) is 15.9. The van der Waals surface area contributed by atoms with Gasteiger partial charge in [-0.1, -0.05) is 17.7 Å². The highest BCUT2D eigenvalue weighted by Crippen LogP contribution is 2.35. The SMILES string of the molecule is Cc1nc(CCc2cnn(Cc3ccc(Cl)nc3)c2)nc2c1N(C)C(=O)[C@@H](CCO)N2C. The van der Waals surface area contributed by atoms with Crippen LogP contribution in [0.3, 0.4) is 0 Å². The smallest absolute Gasteiger partial charge is 0.249 e. The second-order valence-electron chi connectivity index (χ2n) is 7.97. The van der Waals surface area contributed by atoms with Gasteiger partial charge in [0.15, 0.2) is 5.82 Å². The minimum atomic E-state index is -0.430. The summed E-state index contributed by atoms with van der Waals surface area (Å²) in [6, 6.07) is 3.27. The average molecular weight is 456 g/mol. The van der Waals surface area contributed by atoms with Crippen molar-refractivity contribution in [3.05, 3.63) is 58.5 Å². The topological polar surface area (TPSA) is 100 Å². The van der Waals surface area contributed by atoms with Gasteiger partial charge in [-0.3, -0.25) is 9.48 Å². The van der Waals surface area contributed by atoms with Gasteiger partial charge in [0, 0.05) is 39.5 Å². The lowest BCUT2D eigenvalue weighted by Crippen LogP contribution is -2.52. The first-order chi connectivity index (χ1) is 15.4. The second kappa shape index (κ2) is 9.22. The first-order valence-corrected chi connectivity index (χ1v) is 10.9. The third kappa shape index (κ3) is 4.44. The minimum absolute atomic E-state index is 0.0585. The van der Waals surface area contributed by atoms with Crippen LogP contribution in [0.5, 0.6) is 0 Å². The van der Waals surface area contributed by atoms with Crippen molar-refractivity contribution in [2.75, 3.05) is 30.5 Å². The Morgan fingerprint density at radius 1 is 1.12 bits per heavy atom. The molecule has 4 heterocycles. The predicted octanol–water partition coefficient (Wildman–Crippen LogP) is 2.03. The largest absolute Gasteiger partial charge is 0.396 e. The van der Waals surface area contributed by atoms with E-state index in [1.54, 1.807) is 24.2 Å².